The van der Waals surface area contributed by atoms with Crippen molar-refractivity contribution < 1.29 is 4.39 Å². The second kappa shape index (κ2) is 5.74. The molecule has 2 nitrogen and oxygen atoms in total. The van der Waals surface area contributed by atoms with E-state index in [2.05, 4.69) is 24.2 Å². The van der Waals surface area contributed by atoms with Crippen molar-refractivity contribution in [3.05, 3.63) is 29.6 Å². The highest BCUT2D eigenvalue weighted by Gasteiger charge is 2.19. The largest absolute Gasteiger partial charge is 0.335 e. The molecule has 0 saturated carbocycles. The standard InChI is InChI=1S/C14H19FN2S/c1-9(2)6-12-8-18-14(16-12)17-13-7-11(15)5-4-10(13)3/h4-5,7,9,12H,6,8H2,1-3H3,(H,16,17). The Morgan fingerprint density at radius 2 is 2.28 bits per heavy atom. The second-order valence-electron chi connectivity index (χ2n) is 5.11. The van der Waals surface area contributed by atoms with Gasteiger partial charge in [-0.15, -0.1) is 0 Å². The molecule has 0 saturated heterocycles. The Bertz CT molecular complexity index is 457. The van der Waals surface area contributed by atoms with E-state index in [-0.39, 0.29) is 5.82 Å². The zero-order valence-corrected chi connectivity index (χ0v) is 11.9. The molecule has 0 spiro atoms. The maximum atomic E-state index is 13.2. The van der Waals surface area contributed by atoms with Crippen molar-refractivity contribution in [2.45, 2.75) is 33.2 Å². The van der Waals surface area contributed by atoms with E-state index in [1.54, 1.807) is 17.8 Å². The Morgan fingerprint density at radius 3 is 3.00 bits per heavy atom. The third kappa shape index (κ3) is 3.48. The molecule has 0 aromatic heterocycles. The minimum absolute atomic E-state index is 0.217. The summed E-state index contributed by atoms with van der Waals surface area (Å²) in [5.74, 6) is 1.47. The number of halogens is 1. The summed E-state index contributed by atoms with van der Waals surface area (Å²) in [6.45, 7) is 6.39. The predicted octanol–water partition coefficient (Wildman–Crippen LogP) is 4.06. The lowest BCUT2D eigenvalue weighted by molar-refractivity contribution is 0.529. The number of amidine groups is 1. The molecule has 2 rings (SSSR count). The van der Waals surface area contributed by atoms with Crippen LogP contribution in [0.25, 0.3) is 0 Å². The molecule has 1 aromatic rings. The van der Waals surface area contributed by atoms with E-state index in [0.717, 1.165) is 28.6 Å². The van der Waals surface area contributed by atoms with E-state index in [1.165, 1.54) is 12.1 Å². The fraction of sp³-hybridized carbons (Fsp3) is 0.500. The highest BCUT2D eigenvalue weighted by atomic mass is 32.2. The van der Waals surface area contributed by atoms with Crippen LogP contribution >= 0.6 is 11.8 Å². The maximum absolute atomic E-state index is 13.2. The van der Waals surface area contributed by atoms with Gasteiger partial charge in [-0.1, -0.05) is 31.7 Å². The fourth-order valence-corrected chi connectivity index (χ4v) is 2.96. The molecule has 0 bridgehead atoms. The van der Waals surface area contributed by atoms with Gasteiger partial charge in [0.25, 0.3) is 0 Å². The number of nitrogens with one attached hydrogen (secondary N) is 1. The molecule has 1 aliphatic heterocycles. The van der Waals surface area contributed by atoms with E-state index >= 15 is 0 Å². The normalized spacial score (nSPS) is 19.2. The molecule has 18 heavy (non-hydrogen) atoms. The number of thioether (sulfide) groups is 1. The molecule has 1 aromatic carbocycles. The van der Waals surface area contributed by atoms with Gasteiger partial charge in [-0.05, 0) is 37.0 Å². The Morgan fingerprint density at radius 1 is 1.50 bits per heavy atom. The molecule has 1 aliphatic rings. The van der Waals surface area contributed by atoms with Crippen molar-refractivity contribution in [2.24, 2.45) is 10.9 Å². The third-order valence-electron chi connectivity index (χ3n) is 2.90. The van der Waals surface area contributed by atoms with Gasteiger partial charge in [0.05, 0.1) is 6.04 Å². The van der Waals surface area contributed by atoms with Crippen LogP contribution in [0, 0.1) is 18.7 Å². The second-order valence-corrected chi connectivity index (χ2v) is 6.12. The van der Waals surface area contributed by atoms with Crippen LogP contribution in [0.4, 0.5) is 10.1 Å². The lowest BCUT2D eigenvalue weighted by Gasteiger charge is -2.08. The van der Waals surface area contributed by atoms with Crippen molar-refractivity contribution in [2.75, 3.05) is 11.1 Å². The van der Waals surface area contributed by atoms with Gasteiger partial charge in [0, 0.05) is 11.4 Å². The topological polar surface area (TPSA) is 24.4 Å². The molecule has 1 heterocycles. The van der Waals surface area contributed by atoms with Gasteiger partial charge in [-0.25, -0.2) is 4.39 Å². The molecule has 4 heteroatoms. The van der Waals surface area contributed by atoms with Gasteiger partial charge < -0.3 is 5.32 Å². The van der Waals surface area contributed by atoms with Crippen LogP contribution in [-0.2, 0) is 0 Å². The summed E-state index contributed by atoms with van der Waals surface area (Å²) in [6, 6.07) is 5.18. The summed E-state index contributed by atoms with van der Waals surface area (Å²) in [5, 5.41) is 4.14. The first kappa shape index (κ1) is 13.4. The fourth-order valence-electron chi connectivity index (χ4n) is 1.99. The predicted molar refractivity (Wildman–Crippen MR) is 77.9 cm³/mol. The summed E-state index contributed by atoms with van der Waals surface area (Å²) in [6.07, 6.45) is 1.11. The summed E-state index contributed by atoms with van der Waals surface area (Å²) < 4.78 is 13.2. The van der Waals surface area contributed by atoms with Crippen molar-refractivity contribution in [3.63, 3.8) is 0 Å². The highest BCUT2D eigenvalue weighted by Crippen LogP contribution is 2.25. The number of anilines is 1. The molecule has 1 atom stereocenters. The van der Waals surface area contributed by atoms with Crippen molar-refractivity contribution in [1.29, 1.82) is 0 Å². The zero-order valence-electron chi connectivity index (χ0n) is 11.0. The van der Waals surface area contributed by atoms with Crippen LogP contribution in [0.15, 0.2) is 23.2 Å². The van der Waals surface area contributed by atoms with E-state index in [9.17, 15) is 4.39 Å². The van der Waals surface area contributed by atoms with Crippen LogP contribution < -0.4 is 5.32 Å². The van der Waals surface area contributed by atoms with Crippen LogP contribution in [0.2, 0.25) is 0 Å². The van der Waals surface area contributed by atoms with Gasteiger partial charge in [0.15, 0.2) is 5.17 Å². The number of benzene rings is 1. The molecule has 1 unspecified atom stereocenters. The lowest BCUT2D eigenvalue weighted by atomic mass is 10.1. The summed E-state index contributed by atoms with van der Waals surface area (Å²) in [5.41, 5.74) is 1.85. The quantitative estimate of drug-likeness (QED) is 0.892. The summed E-state index contributed by atoms with van der Waals surface area (Å²) in [4.78, 5) is 4.64. The molecular weight excluding hydrogens is 247 g/mol. The smallest absolute Gasteiger partial charge is 0.161 e. The number of aliphatic imine (C=N–C) groups is 1. The molecule has 0 fully saturated rings. The Hall–Kier alpha value is -1.03. The first-order chi connectivity index (χ1) is 8.54. The highest BCUT2D eigenvalue weighted by molar-refractivity contribution is 8.14. The first-order valence-corrected chi connectivity index (χ1v) is 7.27. The molecule has 0 radical (unpaired) electrons. The van der Waals surface area contributed by atoms with Crippen molar-refractivity contribution in [3.8, 4) is 0 Å². The molecular formula is C14H19FN2S. The Labute approximate surface area is 112 Å². The van der Waals surface area contributed by atoms with Crippen LogP contribution in [0.3, 0.4) is 0 Å². The summed E-state index contributed by atoms with van der Waals surface area (Å²) in [7, 11) is 0. The summed E-state index contributed by atoms with van der Waals surface area (Å²) >= 11 is 1.72. The molecule has 1 N–H and O–H groups in total. The SMILES string of the molecule is Cc1ccc(F)cc1NC1=NC(CC(C)C)CS1. The zero-order chi connectivity index (χ0) is 13.1. The van der Waals surface area contributed by atoms with E-state index in [4.69, 9.17) is 0 Å². The monoisotopic (exact) mass is 266 g/mol. The van der Waals surface area contributed by atoms with Crippen LogP contribution in [0.1, 0.15) is 25.8 Å². The average molecular weight is 266 g/mol. The van der Waals surface area contributed by atoms with E-state index in [0.29, 0.717) is 12.0 Å². The van der Waals surface area contributed by atoms with Gasteiger partial charge >= 0.3 is 0 Å². The van der Waals surface area contributed by atoms with E-state index < -0.39 is 0 Å². The van der Waals surface area contributed by atoms with Crippen LogP contribution in [0.5, 0.6) is 0 Å². The number of rotatable bonds is 3. The first-order valence-electron chi connectivity index (χ1n) is 6.28. The minimum atomic E-state index is -0.217. The minimum Gasteiger partial charge on any atom is -0.335 e. The number of hydrogen-bond donors (Lipinski definition) is 1. The van der Waals surface area contributed by atoms with Crippen molar-refractivity contribution in [1.82, 2.24) is 0 Å². The Kier molecular flexibility index (Phi) is 4.27. The van der Waals surface area contributed by atoms with Gasteiger partial charge in [0.2, 0.25) is 0 Å². The van der Waals surface area contributed by atoms with Gasteiger partial charge in [0.1, 0.15) is 5.82 Å². The molecule has 0 amide bonds. The third-order valence-corrected chi connectivity index (χ3v) is 3.93. The number of aryl methyl sites for hydroxylation is 1. The van der Waals surface area contributed by atoms with Gasteiger partial charge in [-0.2, -0.15) is 0 Å². The number of hydrogen-bond acceptors (Lipinski definition) is 3. The molecule has 98 valence electrons. The number of nitrogens with zero attached hydrogens (tertiary/aromatic N) is 1. The molecule has 0 aliphatic carbocycles. The average Bonchev–Trinajstić information content (AvgIpc) is 2.70. The van der Waals surface area contributed by atoms with Gasteiger partial charge in [-0.3, -0.25) is 4.99 Å². The van der Waals surface area contributed by atoms with Crippen molar-refractivity contribution >= 4 is 22.6 Å². The van der Waals surface area contributed by atoms with Crippen LogP contribution in [-0.4, -0.2) is 17.0 Å². The van der Waals surface area contributed by atoms with E-state index in [1.807, 2.05) is 6.92 Å². The lowest BCUT2D eigenvalue weighted by Crippen LogP contribution is -2.08. The maximum Gasteiger partial charge on any atom is 0.161 e. The Balaban J connectivity index is 2.04.